The Morgan fingerprint density at radius 2 is 2.08 bits per heavy atom. The second kappa shape index (κ2) is 6.78. The van der Waals surface area contributed by atoms with Gasteiger partial charge >= 0.3 is 0 Å². The van der Waals surface area contributed by atoms with E-state index in [4.69, 9.17) is 23.2 Å². The first-order chi connectivity index (χ1) is 12.6. The summed E-state index contributed by atoms with van der Waals surface area (Å²) in [6.45, 7) is 0.505. The molecule has 0 saturated carbocycles. The van der Waals surface area contributed by atoms with Crippen molar-refractivity contribution < 1.29 is 4.79 Å². The lowest BCUT2D eigenvalue weighted by Crippen LogP contribution is -2.12. The number of hydrogen-bond acceptors (Lipinski definition) is 4. The molecule has 0 aliphatic heterocycles. The van der Waals surface area contributed by atoms with E-state index in [0.717, 1.165) is 5.56 Å². The zero-order valence-corrected chi connectivity index (χ0v) is 14.8. The minimum absolute atomic E-state index is 0.279. The smallest absolute Gasteiger partial charge is 0.276 e. The summed E-state index contributed by atoms with van der Waals surface area (Å²) in [7, 11) is 0. The Labute approximate surface area is 158 Å². The minimum Gasteiger partial charge on any atom is -0.318 e. The molecule has 1 N–H and O–H groups in total. The predicted molar refractivity (Wildman–Crippen MR) is 98.7 cm³/mol. The summed E-state index contributed by atoms with van der Waals surface area (Å²) in [5.74, 6) is -0.329. The quantitative estimate of drug-likeness (QED) is 0.581. The largest absolute Gasteiger partial charge is 0.318 e. The van der Waals surface area contributed by atoms with Gasteiger partial charge in [0.25, 0.3) is 5.91 Å². The minimum atomic E-state index is -0.329. The number of benzene rings is 1. The molecule has 1 aromatic carbocycles. The number of nitrogens with one attached hydrogen (secondary N) is 1. The van der Waals surface area contributed by atoms with Gasteiger partial charge < -0.3 is 5.32 Å². The van der Waals surface area contributed by atoms with Crippen LogP contribution in [0.2, 0.25) is 10.0 Å². The summed E-state index contributed by atoms with van der Waals surface area (Å²) in [5, 5.41) is 12.2. The number of carbonyl (C=O) groups is 1. The molecule has 4 rings (SSSR count). The summed E-state index contributed by atoms with van der Waals surface area (Å²) in [5.41, 5.74) is 2.40. The molecule has 26 heavy (non-hydrogen) atoms. The fourth-order valence-electron chi connectivity index (χ4n) is 2.48. The molecule has 0 bridgehead atoms. The summed E-state index contributed by atoms with van der Waals surface area (Å²) in [6, 6.07) is 8.76. The summed E-state index contributed by atoms with van der Waals surface area (Å²) < 4.78 is 3.24. The van der Waals surface area contributed by atoms with E-state index in [0.29, 0.717) is 27.9 Å². The number of anilines is 1. The normalized spacial score (nSPS) is 11.0. The number of carbonyl (C=O) groups excluding carboxylic acids is 1. The van der Waals surface area contributed by atoms with Crippen LogP contribution in [-0.2, 0) is 6.54 Å². The standard InChI is InChI=1S/C17H12Cl2N6O/c18-13-3-2-11(6-14(13)19)9-24-10-12(8-21-24)22-17(26)15-7-16-20-4-1-5-25(16)23-15/h1-8,10H,9H2,(H,22,26). The van der Waals surface area contributed by atoms with Crippen molar-refractivity contribution in [1.29, 1.82) is 0 Å². The van der Waals surface area contributed by atoms with Gasteiger partial charge in [-0.05, 0) is 23.8 Å². The van der Waals surface area contributed by atoms with Crippen molar-refractivity contribution >= 4 is 40.4 Å². The summed E-state index contributed by atoms with van der Waals surface area (Å²) in [6.07, 6.45) is 6.68. The van der Waals surface area contributed by atoms with Crippen molar-refractivity contribution in [1.82, 2.24) is 24.4 Å². The number of amides is 1. The average Bonchev–Trinajstić information content (AvgIpc) is 3.25. The molecule has 3 heterocycles. The van der Waals surface area contributed by atoms with E-state index in [-0.39, 0.29) is 11.6 Å². The first-order valence-electron chi connectivity index (χ1n) is 7.66. The van der Waals surface area contributed by atoms with Crippen LogP contribution in [0.3, 0.4) is 0 Å². The Bertz CT molecular complexity index is 1070. The van der Waals surface area contributed by atoms with E-state index in [1.807, 2.05) is 6.07 Å². The molecule has 0 radical (unpaired) electrons. The van der Waals surface area contributed by atoms with E-state index in [1.54, 1.807) is 58.3 Å². The van der Waals surface area contributed by atoms with Crippen LogP contribution < -0.4 is 5.32 Å². The van der Waals surface area contributed by atoms with Gasteiger partial charge in [-0.15, -0.1) is 0 Å². The summed E-state index contributed by atoms with van der Waals surface area (Å²) in [4.78, 5) is 16.5. The Kier molecular flexibility index (Phi) is 4.32. The Morgan fingerprint density at radius 3 is 2.88 bits per heavy atom. The highest BCUT2D eigenvalue weighted by Gasteiger charge is 2.12. The first kappa shape index (κ1) is 16.6. The van der Waals surface area contributed by atoms with Crippen molar-refractivity contribution in [3.63, 3.8) is 0 Å². The number of aromatic nitrogens is 5. The molecule has 1 amide bonds. The molecule has 0 unspecified atom stereocenters. The fraction of sp³-hybridized carbons (Fsp3) is 0.0588. The molecular weight excluding hydrogens is 375 g/mol. The lowest BCUT2D eigenvalue weighted by molar-refractivity contribution is 0.102. The molecule has 0 atom stereocenters. The van der Waals surface area contributed by atoms with Gasteiger partial charge in [-0.3, -0.25) is 9.48 Å². The molecule has 3 aromatic heterocycles. The fourth-order valence-corrected chi connectivity index (χ4v) is 2.80. The zero-order chi connectivity index (χ0) is 18.1. The van der Waals surface area contributed by atoms with Gasteiger partial charge in [0.15, 0.2) is 11.3 Å². The highest BCUT2D eigenvalue weighted by atomic mass is 35.5. The van der Waals surface area contributed by atoms with Crippen molar-refractivity contribution in [2.45, 2.75) is 6.54 Å². The number of hydrogen-bond donors (Lipinski definition) is 1. The lowest BCUT2D eigenvalue weighted by Gasteiger charge is -2.03. The van der Waals surface area contributed by atoms with Crippen LogP contribution in [0.1, 0.15) is 16.1 Å². The van der Waals surface area contributed by atoms with Crippen LogP contribution in [0.4, 0.5) is 5.69 Å². The number of fused-ring (bicyclic) bond motifs is 1. The molecule has 0 aliphatic rings. The third-order valence-corrected chi connectivity index (χ3v) is 4.43. The van der Waals surface area contributed by atoms with E-state index >= 15 is 0 Å². The van der Waals surface area contributed by atoms with Gasteiger partial charge in [-0.2, -0.15) is 10.2 Å². The zero-order valence-electron chi connectivity index (χ0n) is 13.3. The van der Waals surface area contributed by atoms with Crippen molar-refractivity contribution in [3.05, 3.63) is 76.4 Å². The predicted octanol–water partition coefficient (Wildman–Crippen LogP) is 3.53. The second-order valence-electron chi connectivity index (χ2n) is 5.58. The van der Waals surface area contributed by atoms with Gasteiger partial charge in [-0.25, -0.2) is 9.50 Å². The highest BCUT2D eigenvalue weighted by Crippen LogP contribution is 2.23. The molecular formula is C17H12Cl2N6O. The maximum atomic E-state index is 12.3. The molecule has 9 heteroatoms. The van der Waals surface area contributed by atoms with Crippen LogP contribution >= 0.6 is 23.2 Å². The Balaban J connectivity index is 1.47. The number of halogens is 2. The van der Waals surface area contributed by atoms with Crippen LogP contribution in [0, 0.1) is 0 Å². The van der Waals surface area contributed by atoms with Crippen LogP contribution in [0.5, 0.6) is 0 Å². The third-order valence-electron chi connectivity index (χ3n) is 3.69. The molecule has 0 spiro atoms. The van der Waals surface area contributed by atoms with E-state index < -0.39 is 0 Å². The maximum absolute atomic E-state index is 12.3. The molecule has 130 valence electrons. The van der Waals surface area contributed by atoms with Crippen molar-refractivity contribution in [2.75, 3.05) is 5.32 Å². The maximum Gasteiger partial charge on any atom is 0.276 e. The van der Waals surface area contributed by atoms with Crippen molar-refractivity contribution in [3.8, 4) is 0 Å². The van der Waals surface area contributed by atoms with Crippen LogP contribution in [0.15, 0.2) is 55.1 Å². The molecule has 0 aliphatic carbocycles. The number of rotatable bonds is 4. The third kappa shape index (κ3) is 3.40. The van der Waals surface area contributed by atoms with E-state index in [2.05, 4.69) is 20.5 Å². The van der Waals surface area contributed by atoms with E-state index in [1.165, 1.54) is 0 Å². The lowest BCUT2D eigenvalue weighted by atomic mass is 10.2. The number of nitrogens with zero attached hydrogens (tertiary/aromatic N) is 5. The van der Waals surface area contributed by atoms with Crippen molar-refractivity contribution in [2.24, 2.45) is 0 Å². The second-order valence-corrected chi connectivity index (χ2v) is 6.40. The van der Waals surface area contributed by atoms with Crippen LogP contribution in [0.25, 0.3) is 5.65 Å². The Morgan fingerprint density at radius 1 is 1.19 bits per heavy atom. The molecule has 7 nitrogen and oxygen atoms in total. The SMILES string of the molecule is O=C(Nc1cnn(Cc2ccc(Cl)c(Cl)c2)c1)c1cc2ncccn2n1. The summed E-state index contributed by atoms with van der Waals surface area (Å²) >= 11 is 11.9. The van der Waals surface area contributed by atoms with Gasteiger partial charge in [-0.1, -0.05) is 29.3 Å². The van der Waals surface area contributed by atoms with Gasteiger partial charge in [0, 0.05) is 24.7 Å². The van der Waals surface area contributed by atoms with Gasteiger partial charge in [0.05, 0.1) is 28.5 Å². The highest BCUT2D eigenvalue weighted by molar-refractivity contribution is 6.42. The molecule has 4 aromatic rings. The topological polar surface area (TPSA) is 77.1 Å². The first-order valence-corrected chi connectivity index (χ1v) is 8.42. The van der Waals surface area contributed by atoms with Crippen LogP contribution in [-0.4, -0.2) is 30.3 Å². The molecule has 0 saturated heterocycles. The Hall–Kier alpha value is -2.90. The van der Waals surface area contributed by atoms with Gasteiger partial charge in [0.2, 0.25) is 0 Å². The van der Waals surface area contributed by atoms with Gasteiger partial charge in [0.1, 0.15) is 0 Å². The average molecular weight is 387 g/mol. The molecule has 0 fully saturated rings. The monoisotopic (exact) mass is 386 g/mol. The van der Waals surface area contributed by atoms with E-state index in [9.17, 15) is 4.79 Å².